The summed E-state index contributed by atoms with van der Waals surface area (Å²) < 4.78 is 5.55. The average molecular weight is 418 g/mol. The molecule has 2 aromatic carbocycles. The van der Waals surface area contributed by atoms with Crippen molar-refractivity contribution in [3.8, 4) is 0 Å². The molecule has 1 aliphatic heterocycles. The third kappa shape index (κ3) is 3.80. The van der Waals surface area contributed by atoms with E-state index in [-0.39, 0.29) is 5.91 Å². The van der Waals surface area contributed by atoms with Crippen molar-refractivity contribution in [2.24, 2.45) is 0 Å². The molecule has 31 heavy (non-hydrogen) atoms. The molecule has 1 atom stereocenters. The summed E-state index contributed by atoms with van der Waals surface area (Å²) in [6.45, 7) is 7.67. The summed E-state index contributed by atoms with van der Waals surface area (Å²) in [5, 5.41) is 3.80. The monoisotopic (exact) mass is 417 g/mol. The number of hydrazine groups is 1. The number of carbonyl (C=O) groups excluding carboxylic acids is 1. The first-order valence-electron chi connectivity index (χ1n) is 11.1. The zero-order chi connectivity index (χ0) is 21.8. The minimum absolute atomic E-state index is 0.0983. The van der Waals surface area contributed by atoms with E-state index in [1.807, 2.05) is 65.6 Å². The van der Waals surface area contributed by atoms with Gasteiger partial charge in [-0.2, -0.15) is 0 Å². The summed E-state index contributed by atoms with van der Waals surface area (Å²) in [5.41, 5.74) is 2.36. The Morgan fingerprint density at radius 2 is 1.65 bits per heavy atom. The SMILES string of the molecule is CCN(CC)CCC1(c2ccccc2)C(=O)N(N(C)Cc2ccco2)c2ccccc21. The van der Waals surface area contributed by atoms with Gasteiger partial charge in [0.1, 0.15) is 11.2 Å². The van der Waals surface area contributed by atoms with Crippen molar-refractivity contribution < 1.29 is 9.21 Å². The van der Waals surface area contributed by atoms with Gasteiger partial charge in [0.2, 0.25) is 0 Å². The van der Waals surface area contributed by atoms with Gasteiger partial charge in [0, 0.05) is 7.05 Å². The third-order valence-corrected chi connectivity index (χ3v) is 6.42. The number of anilines is 1. The lowest BCUT2D eigenvalue weighted by Gasteiger charge is -2.34. The Bertz CT molecular complexity index is 999. The molecule has 3 aromatic rings. The minimum atomic E-state index is -0.710. The van der Waals surface area contributed by atoms with Gasteiger partial charge in [0.15, 0.2) is 0 Å². The maximum Gasteiger partial charge on any atom is 0.256 e. The molecule has 5 heteroatoms. The van der Waals surface area contributed by atoms with Crippen LogP contribution in [0.25, 0.3) is 0 Å². The number of furan rings is 1. The lowest BCUT2D eigenvalue weighted by Crippen LogP contribution is -2.49. The third-order valence-electron chi connectivity index (χ3n) is 6.42. The Morgan fingerprint density at radius 1 is 0.935 bits per heavy atom. The number of benzene rings is 2. The van der Waals surface area contributed by atoms with E-state index in [2.05, 4.69) is 36.9 Å². The summed E-state index contributed by atoms with van der Waals surface area (Å²) in [5.74, 6) is 0.925. The number of fused-ring (bicyclic) bond motifs is 1. The van der Waals surface area contributed by atoms with Gasteiger partial charge in [0.05, 0.1) is 18.5 Å². The van der Waals surface area contributed by atoms with Gasteiger partial charge >= 0.3 is 0 Å². The van der Waals surface area contributed by atoms with Gasteiger partial charge in [-0.3, -0.25) is 4.79 Å². The number of rotatable bonds is 9. The van der Waals surface area contributed by atoms with Crippen LogP contribution in [0.3, 0.4) is 0 Å². The fourth-order valence-electron chi connectivity index (χ4n) is 4.72. The number of hydrogen-bond acceptors (Lipinski definition) is 4. The fourth-order valence-corrected chi connectivity index (χ4v) is 4.72. The van der Waals surface area contributed by atoms with Crippen molar-refractivity contribution in [3.63, 3.8) is 0 Å². The Balaban J connectivity index is 1.79. The van der Waals surface area contributed by atoms with Crippen LogP contribution in [0.2, 0.25) is 0 Å². The normalized spacial score (nSPS) is 18.2. The summed E-state index contributed by atoms with van der Waals surface area (Å²) in [6.07, 6.45) is 2.40. The highest BCUT2D eigenvalue weighted by Gasteiger charge is 2.53. The number of carbonyl (C=O) groups is 1. The molecule has 4 rings (SSSR count). The van der Waals surface area contributed by atoms with Crippen LogP contribution in [0.1, 0.15) is 37.2 Å². The highest BCUT2D eigenvalue weighted by atomic mass is 16.3. The van der Waals surface area contributed by atoms with Crippen LogP contribution in [0.4, 0.5) is 5.69 Å². The Kier molecular flexibility index (Phi) is 6.25. The van der Waals surface area contributed by atoms with Crippen molar-refractivity contribution in [3.05, 3.63) is 89.9 Å². The van der Waals surface area contributed by atoms with Crippen LogP contribution in [-0.4, -0.2) is 42.5 Å². The van der Waals surface area contributed by atoms with Gasteiger partial charge in [-0.25, -0.2) is 10.0 Å². The molecule has 0 fully saturated rings. The highest BCUT2D eigenvalue weighted by molar-refractivity contribution is 6.09. The number of hydrogen-bond donors (Lipinski definition) is 0. The molecule has 1 aromatic heterocycles. The van der Waals surface area contributed by atoms with Crippen LogP contribution in [-0.2, 0) is 16.8 Å². The lowest BCUT2D eigenvalue weighted by molar-refractivity contribution is -0.125. The molecule has 1 aliphatic rings. The van der Waals surface area contributed by atoms with Gasteiger partial charge in [-0.05, 0) is 55.4 Å². The standard InChI is InChI=1S/C26H31N3O2/c1-4-28(5-2)18-17-26(21-12-7-6-8-13-21)23-15-9-10-16-24(23)29(25(26)30)27(3)20-22-14-11-19-31-22/h6-16,19H,4-5,17-18,20H2,1-3H3. The minimum Gasteiger partial charge on any atom is -0.468 e. The van der Waals surface area contributed by atoms with E-state index in [1.54, 1.807) is 6.26 Å². The molecule has 0 saturated heterocycles. The first kappa shape index (κ1) is 21.3. The van der Waals surface area contributed by atoms with E-state index in [0.29, 0.717) is 6.54 Å². The van der Waals surface area contributed by atoms with Gasteiger partial charge in [0.25, 0.3) is 5.91 Å². The topological polar surface area (TPSA) is 39.9 Å². The van der Waals surface area contributed by atoms with Crippen molar-refractivity contribution in [2.75, 3.05) is 31.7 Å². The first-order valence-corrected chi connectivity index (χ1v) is 11.1. The lowest BCUT2D eigenvalue weighted by atomic mass is 9.72. The molecule has 0 saturated carbocycles. The maximum absolute atomic E-state index is 14.3. The second-order valence-electron chi connectivity index (χ2n) is 8.08. The molecule has 0 spiro atoms. The molecule has 1 unspecified atom stereocenters. The van der Waals surface area contributed by atoms with Crippen LogP contribution in [0.5, 0.6) is 0 Å². The summed E-state index contributed by atoms with van der Waals surface area (Å²) >= 11 is 0. The summed E-state index contributed by atoms with van der Waals surface area (Å²) in [4.78, 5) is 16.7. The van der Waals surface area contributed by atoms with E-state index >= 15 is 0 Å². The number of nitrogens with zero attached hydrogens (tertiary/aromatic N) is 3. The van der Waals surface area contributed by atoms with Crippen molar-refractivity contribution in [1.82, 2.24) is 9.91 Å². The van der Waals surface area contributed by atoms with Crippen LogP contribution >= 0.6 is 0 Å². The van der Waals surface area contributed by atoms with Gasteiger partial charge < -0.3 is 9.32 Å². The zero-order valence-electron chi connectivity index (χ0n) is 18.6. The van der Waals surface area contributed by atoms with Crippen molar-refractivity contribution in [2.45, 2.75) is 32.2 Å². The molecular formula is C26H31N3O2. The molecule has 0 aliphatic carbocycles. The van der Waals surface area contributed by atoms with Gasteiger partial charge in [-0.1, -0.05) is 62.4 Å². The molecular weight excluding hydrogens is 386 g/mol. The fraction of sp³-hybridized carbons (Fsp3) is 0.346. The number of amides is 1. The van der Waals surface area contributed by atoms with Crippen molar-refractivity contribution >= 4 is 11.6 Å². The predicted octanol–water partition coefficient (Wildman–Crippen LogP) is 4.69. The van der Waals surface area contributed by atoms with Gasteiger partial charge in [-0.15, -0.1) is 0 Å². The predicted molar refractivity (Wildman–Crippen MR) is 124 cm³/mol. The van der Waals surface area contributed by atoms with E-state index in [4.69, 9.17) is 4.42 Å². The Hall–Kier alpha value is -2.89. The highest BCUT2D eigenvalue weighted by Crippen LogP contribution is 2.48. The molecule has 1 amide bonds. The second kappa shape index (κ2) is 9.08. The Morgan fingerprint density at radius 3 is 2.32 bits per heavy atom. The molecule has 0 N–H and O–H groups in total. The second-order valence-corrected chi connectivity index (χ2v) is 8.08. The summed E-state index contributed by atoms with van der Waals surface area (Å²) in [7, 11) is 1.95. The smallest absolute Gasteiger partial charge is 0.256 e. The molecule has 5 nitrogen and oxygen atoms in total. The van der Waals surface area contributed by atoms with Crippen molar-refractivity contribution in [1.29, 1.82) is 0 Å². The van der Waals surface area contributed by atoms with E-state index in [9.17, 15) is 4.79 Å². The molecule has 162 valence electrons. The quantitative estimate of drug-likeness (QED) is 0.506. The number of para-hydroxylation sites is 1. The molecule has 2 heterocycles. The maximum atomic E-state index is 14.3. The van der Waals surface area contributed by atoms with Crippen LogP contribution in [0, 0.1) is 0 Å². The van der Waals surface area contributed by atoms with E-state index < -0.39 is 5.41 Å². The largest absolute Gasteiger partial charge is 0.468 e. The molecule has 0 radical (unpaired) electrons. The summed E-state index contributed by atoms with van der Waals surface area (Å²) in [6, 6.07) is 22.3. The average Bonchev–Trinajstić information content (AvgIpc) is 3.39. The Labute approximate surface area is 184 Å². The van der Waals surface area contributed by atoms with Crippen LogP contribution < -0.4 is 5.01 Å². The van der Waals surface area contributed by atoms with E-state index in [1.165, 1.54) is 0 Å². The van der Waals surface area contributed by atoms with E-state index in [0.717, 1.165) is 48.6 Å². The zero-order valence-corrected chi connectivity index (χ0v) is 18.6. The molecule has 0 bridgehead atoms. The first-order chi connectivity index (χ1) is 15.1. The van der Waals surface area contributed by atoms with Crippen LogP contribution in [0.15, 0.2) is 77.4 Å².